The van der Waals surface area contributed by atoms with Crippen molar-refractivity contribution in [3.63, 3.8) is 0 Å². The number of H-pyrrole nitrogens is 1. The van der Waals surface area contributed by atoms with Crippen LogP contribution in [0.3, 0.4) is 0 Å². The Balaban J connectivity index is 2.02. The lowest BCUT2D eigenvalue weighted by Crippen LogP contribution is -2.52. The van der Waals surface area contributed by atoms with E-state index in [1.165, 1.54) is 5.56 Å². The molecule has 0 aliphatic rings. The molecule has 2 aromatic rings. The first-order valence-electron chi connectivity index (χ1n) is 9.03. The molecule has 5 heteroatoms. The molecule has 2 rings (SSSR count). The molecule has 0 spiro atoms. The maximum atomic E-state index is 12.9. The maximum absolute atomic E-state index is 12.9. The van der Waals surface area contributed by atoms with Crippen molar-refractivity contribution in [2.24, 2.45) is 5.92 Å². The Kier molecular flexibility index (Phi) is 7.19. The molecule has 0 bridgehead atoms. The molecule has 0 aliphatic heterocycles. The van der Waals surface area contributed by atoms with Crippen molar-refractivity contribution in [1.29, 1.82) is 0 Å². The third-order valence-electron chi connectivity index (χ3n) is 4.38. The van der Waals surface area contributed by atoms with E-state index >= 15 is 0 Å². The Morgan fingerprint density at radius 1 is 1.20 bits per heavy atom. The van der Waals surface area contributed by atoms with E-state index in [0.717, 1.165) is 18.7 Å². The lowest BCUT2D eigenvalue weighted by molar-refractivity contribution is -0.129. The predicted octanol–water partition coefficient (Wildman–Crippen LogP) is 3.00. The van der Waals surface area contributed by atoms with Crippen LogP contribution in [-0.2, 0) is 17.8 Å². The zero-order chi connectivity index (χ0) is 18.2. The Hall–Kier alpha value is -2.14. The van der Waals surface area contributed by atoms with Crippen LogP contribution in [-0.4, -0.2) is 39.4 Å². The number of nitrogens with one attached hydrogen (secondary N) is 2. The number of hydrogen-bond donors (Lipinski definition) is 2. The molecule has 1 atom stereocenters. The van der Waals surface area contributed by atoms with E-state index in [2.05, 4.69) is 60.0 Å². The second-order valence-electron chi connectivity index (χ2n) is 7.06. The van der Waals surface area contributed by atoms with E-state index in [0.29, 0.717) is 6.54 Å². The third kappa shape index (κ3) is 5.71. The van der Waals surface area contributed by atoms with Crippen LogP contribution in [0.1, 0.15) is 39.0 Å². The van der Waals surface area contributed by atoms with Crippen molar-refractivity contribution < 1.29 is 4.79 Å². The van der Waals surface area contributed by atoms with Crippen LogP contribution >= 0.6 is 0 Å². The smallest absolute Gasteiger partial charge is 0.237 e. The number of amides is 1. The fourth-order valence-electron chi connectivity index (χ4n) is 3.08. The van der Waals surface area contributed by atoms with Crippen LogP contribution < -0.4 is 5.32 Å². The van der Waals surface area contributed by atoms with Gasteiger partial charge in [0.05, 0.1) is 12.4 Å². The highest BCUT2D eigenvalue weighted by Gasteiger charge is 2.30. The van der Waals surface area contributed by atoms with Crippen molar-refractivity contribution in [3.8, 4) is 0 Å². The molecule has 1 heterocycles. The Morgan fingerprint density at radius 2 is 1.92 bits per heavy atom. The van der Waals surface area contributed by atoms with Gasteiger partial charge in [-0.1, -0.05) is 44.2 Å². The van der Waals surface area contributed by atoms with Gasteiger partial charge in [-0.15, -0.1) is 0 Å². The molecule has 136 valence electrons. The summed E-state index contributed by atoms with van der Waals surface area (Å²) in [6, 6.07) is 10.5. The Bertz CT molecular complexity index is 622. The zero-order valence-electron chi connectivity index (χ0n) is 15.7. The molecule has 0 saturated carbocycles. The van der Waals surface area contributed by atoms with E-state index in [1.54, 1.807) is 12.5 Å². The van der Waals surface area contributed by atoms with Gasteiger partial charge in [-0.05, 0) is 25.3 Å². The minimum atomic E-state index is -0.151. The molecule has 2 N–H and O–H groups in total. The van der Waals surface area contributed by atoms with Crippen LogP contribution in [0.4, 0.5) is 0 Å². The van der Waals surface area contributed by atoms with E-state index in [1.807, 2.05) is 18.2 Å². The summed E-state index contributed by atoms with van der Waals surface area (Å²) in [5, 5.41) is 3.10. The molecular weight excluding hydrogens is 312 g/mol. The van der Waals surface area contributed by atoms with Gasteiger partial charge in [0, 0.05) is 37.4 Å². The van der Waals surface area contributed by atoms with E-state index in [9.17, 15) is 4.79 Å². The van der Waals surface area contributed by atoms with Gasteiger partial charge in [0.2, 0.25) is 5.91 Å². The van der Waals surface area contributed by atoms with Gasteiger partial charge in [0.1, 0.15) is 0 Å². The van der Waals surface area contributed by atoms with Crippen molar-refractivity contribution >= 4 is 5.91 Å². The van der Waals surface area contributed by atoms with Crippen LogP contribution in [0, 0.1) is 5.92 Å². The second kappa shape index (κ2) is 9.37. The number of aromatic amines is 1. The van der Waals surface area contributed by atoms with E-state index in [-0.39, 0.29) is 23.9 Å². The third-order valence-corrected chi connectivity index (χ3v) is 4.38. The van der Waals surface area contributed by atoms with Crippen LogP contribution in [0.15, 0.2) is 42.9 Å². The monoisotopic (exact) mass is 342 g/mol. The molecule has 1 aromatic carbocycles. The number of carbonyl (C=O) groups excluding carboxylic acids is 1. The summed E-state index contributed by atoms with van der Waals surface area (Å²) in [6.07, 6.45) is 4.22. The highest BCUT2D eigenvalue weighted by Crippen LogP contribution is 2.18. The molecule has 5 nitrogen and oxygen atoms in total. The van der Waals surface area contributed by atoms with Crippen LogP contribution in [0.5, 0.6) is 0 Å². The number of imidazole rings is 1. The maximum Gasteiger partial charge on any atom is 0.237 e. The summed E-state index contributed by atoms with van der Waals surface area (Å²) < 4.78 is 0. The minimum Gasteiger partial charge on any atom is -0.354 e. The predicted molar refractivity (Wildman–Crippen MR) is 101 cm³/mol. The van der Waals surface area contributed by atoms with Crippen molar-refractivity contribution in [2.75, 3.05) is 6.54 Å². The average Bonchev–Trinajstić information content (AvgIpc) is 3.08. The first-order chi connectivity index (χ1) is 12.0. The molecule has 1 amide bonds. The quantitative estimate of drug-likeness (QED) is 0.736. The van der Waals surface area contributed by atoms with Gasteiger partial charge in [-0.2, -0.15) is 0 Å². The van der Waals surface area contributed by atoms with Gasteiger partial charge in [0.15, 0.2) is 0 Å². The summed E-state index contributed by atoms with van der Waals surface area (Å²) in [7, 11) is 0. The molecule has 1 aromatic heterocycles. The van der Waals surface area contributed by atoms with Gasteiger partial charge in [-0.3, -0.25) is 9.69 Å². The van der Waals surface area contributed by atoms with E-state index < -0.39 is 0 Å². The van der Waals surface area contributed by atoms with Gasteiger partial charge >= 0.3 is 0 Å². The SMILES string of the molecule is CC(C)[C@@H](C(=O)NCCc1cnc[nH]1)N(Cc1ccccc1)C(C)C. The Morgan fingerprint density at radius 3 is 2.48 bits per heavy atom. The lowest BCUT2D eigenvalue weighted by atomic mass is 9.99. The van der Waals surface area contributed by atoms with Gasteiger partial charge < -0.3 is 10.3 Å². The fraction of sp³-hybridized carbons (Fsp3) is 0.500. The highest BCUT2D eigenvalue weighted by atomic mass is 16.2. The number of benzene rings is 1. The van der Waals surface area contributed by atoms with Crippen LogP contribution in [0.25, 0.3) is 0 Å². The first kappa shape index (κ1) is 19.2. The van der Waals surface area contributed by atoms with Gasteiger partial charge in [-0.25, -0.2) is 4.98 Å². The molecule has 0 radical (unpaired) electrons. The minimum absolute atomic E-state index is 0.0964. The zero-order valence-corrected chi connectivity index (χ0v) is 15.7. The number of hydrogen-bond acceptors (Lipinski definition) is 3. The molecule has 0 unspecified atom stereocenters. The number of rotatable bonds is 9. The molecule has 0 aliphatic carbocycles. The molecular formula is C20H30N4O. The first-order valence-corrected chi connectivity index (χ1v) is 9.03. The van der Waals surface area contributed by atoms with Crippen molar-refractivity contribution in [1.82, 2.24) is 20.2 Å². The Labute approximate surface area is 150 Å². The average molecular weight is 342 g/mol. The van der Waals surface area contributed by atoms with Crippen LogP contribution in [0.2, 0.25) is 0 Å². The lowest BCUT2D eigenvalue weighted by Gasteiger charge is -2.36. The normalized spacial score (nSPS) is 12.8. The number of aromatic nitrogens is 2. The summed E-state index contributed by atoms with van der Waals surface area (Å²) >= 11 is 0. The number of carbonyl (C=O) groups is 1. The summed E-state index contributed by atoms with van der Waals surface area (Å²) in [6.45, 7) is 9.91. The molecule has 25 heavy (non-hydrogen) atoms. The highest BCUT2D eigenvalue weighted by molar-refractivity contribution is 5.82. The summed E-state index contributed by atoms with van der Waals surface area (Å²) in [4.78, 5) is 22.2. The fourth-order valence-corrected chi connectivity index (χ4v) is 3.08. The topological polar surface area (TPSA) is 61.0 Å². The van der Waals surface area contributed by atoms with E-state index in [4.69, 9.17) is 0 Å². The van der Waals surface area contributed by atoms with Crippen molar-refractivity contribution in [3.05, 3.63) is 54.1 Å². The molecule has 0 fully saturated rings. The summed E-state index contributed by atoms with van der Waals surface area (Å²) in [5.41, 5.74) is 2.26. The van der Waals surface area contributed by atoms with Gasteiger partial charge in [0.25, 0.3) is 0 Å². The molecule has 0 saturated heterocycles. The standard InChI is InChI=1S/C20H30N4O/c1-15(2)19(20(25)22-11-10-18-12-21-14-23-18)24(16(3)4)13-17-8-6-5-7-9-17/h5-9,12,14-16,19H,10-11,13H2,1-4H3,(H,21,23)(H,22,25)/t19-/m0/s1. The van der Waals surface area contributed by atoms with Crippen molar-refractivity contribution in [2.45, 2.75) is 52.7 Å². The largest absolute Gasteiger partial charge is 0.354 e. The second-order valence-corrected chi connectivity index (χ2v) is 7.06. The summed E-state index contributed by atoms with van der Waals surface area (Å²) in [5.74, 6) is 0.331. The number of nitrogens with zero attached hydrogens (tertiary/aromatic N) is 2.